The molecule has 0 radical (unpaired) electrons. The number of carbonyl (C=O) groups is 2. The Kier molecular flexibility index (Phi) is 6.45. The molecule has 4 aromatic rings. The van der Waals surface area contributed by atoms with Gasteiger partial charge in [-0.05, 0) is 30.3 Å². The number of halogens is 1. The summed E-state index contributed by atoms with van der Waals surface area (Å²) in [5.41, 5.74) is 2.13. The molecule has 0 spiro atoms. The van der Waals surface area contributed by atoms with Gasteiger partial charge in [0.2, 0.25) is 11.8 Å². The highest BCUT2D eigenvalue weighted by molar-refractivity contribution is 7.99. The molecule has 0 fully saturated rings. The molecule has 0 aliphatic heterocycles. The number of aromatic nitrogens is 2. The van der Waals surface area contributed by atoms with E-state index in [4.69, 9.17) is 16.0 Å². The third-order valence-electron chi connectivity index (χ3n) is 4.29. The first-order valence-electron chi connectivity index (χ1n) is 9.31. The lowest BCUT2D eigenvalue weighted by Gasteiger charge is -2.10. The van der Waals surface area contributed by atoms with Gasteiger partial charge in [-0.1, -0.05) is 71.9 Å². The molecule has 0 aliphatic rings. The number of nitrogens with zero attached hydrogens (tertiary/aromatic N) is 2. The first-order valence-corrected chi connectivity index (χ1v) is 10.7. The smallest absolute Gasteiger partial charge is 0.277 e. The van der Waals surface area contributed by atoms with Gasteiger partial charge in [-0.25, -0.2) is 0 Å². The number of ketones is 1. The maximum atomic E-state index is 12.8. The Labute approximate surface area is 187 Å². The van der Waals surface area contributed by atoms with Gasteiger partial charge in [0.05, 0.1) is 11.4 Å². The summed E-state index contributed by atoms with van der Waals surface area (Å²) in [6, 6.07) is 22.9. The minimum atomic E-state index is -0.291. The lowest BCUT2D eigenvalue weighted by Crippen LogP contribution is -2.17. The van der Waals surface area contributed by atoms with E-state index < -0.39 is 0 Å². The summed E-state index contributed by atoms with van der Waals surface area (Å²) in [4.78, 5) is 25.3. The second-order valence-corrected chi connectivity index (χ2v) is 7.82. The number of para-hydroxylation sites is 1. The fourth-order valence-electron chi connectivity index (χ4n) is 2.85. The molecule has 0 atom stereocenters. The number of nitrogens with one attached hydrogen (secondary N) is 1. The summed E-state index contributed by atoms with van der Waals surface area (Å²) >= 11 is 7.09. The molecule has 0 bridgehead atoms. The monoisotopic (exact) mass is 449 g/mol. The van der Waals surface area contributed by atoms with Crippen LogP contribution in [0.4, 0.5) is 5.69 Å². The minimum Gasteiger partial charge on any atom is -0.411 e. The molecule has 3 aromatic carbocycles. The molecule has 0 unspecified atom stereocenters. The fourth-order valence-corrected chi connectivity index (χ4v) is 3.61. The van der Waals surface area contributed by atoms with Gasteiger partial charge in [0.15, 0.2) is 5.78 Å². The van der Waals surface area contributed by atoms with Crippen molar-refractivity contribution in [3.05, 3.63) is 95.0 Å². The standard InChI is InChI=1S/C23H16ClN3O3S/c24-17-10-6-9-16(13-17)22-26-27-23(30-22)31-14-20(28)25-19-12-5-4-11-18(19)21(29)15-7-2-1-3-8-15/h1-13H,14H2,(H,25,28). The van der Waals surface area contributed by atoms with E-state index >= 15 is 0 Å². The van der Waals surface area contributed by atoms with E-state index in [-0.39, 0.29) is 22.7 Å². The fraction of sp³-hybridized carbons (Fsp3) is 0.0435. The van der Waals surface area contributed by atoms with E-state index in [1.807, 2.05) is 6.07 Å². The van der Waals surface area contributed by atoms with E-state index in [1.165, 1.54) is 0 Å². The SMILES string of the molecule is O=C(CSc1nnc(-c2cccc(Cl)c2)o1)Nc1ccccc1C(=O)c1ccccc1. The van der Waals surface area contributed by atoms with Crippen molar-refractivity contribution in [2.45, 2.75) is 5.22 Å². The summed E-state index contributed by atoms with van der Waals surface area (Å²) in [5.74, 6) is -0.0809. The van der Waals surface area contributed by atoms with Crippen LogP contribution < -0.4 is 5.32 Å². The van der Waals surface area contributed by atoms with Crippen molar-refractivity contribution in [2.24, 2.45) is 0 Å². The largest absolute Gasteiger partial charge is 0.411 e. The second-order valence-electron chi connectivity index (χ2n) is 6.46. The van der Waals surface area contributed by atoms with Crippen LogP contribution in [0.5, 0.6) is 0 Å². The molecule has 8 heteroatoms. The van der Waals surface area contributed by atoms with Crippen molar-refractivity contribution in [3.63, 3.8) is 0 Å². The number of hydrogen-bond donors (Lipinski definition) is 1. The van der Waals surface area contributed by atoms with E-state index in [0.29, 0.717) is 33.3 Å². The van der Waals surface area contributed by atoms with E-state index in [1.54, 1.807) is 72.8 Å². The highest BCUT2D eigenvalue weighted by atomic mass is 35.5. The lowest BCUT2D eigenvalue weighted by atomic mass is 10.0. The number of rotatable bonds is 7. The Bertz CT molecular complexity index is 1230. The zero-order chi connectivity index (χ0) is 21.6. The van der Waals surface area contributed by atoms with Crippen LogP contribution >= 0.6 is 23.4 Å². The number of anilines is 1. The molecule has 0 saturated heterocycles. The van der Waals surface area contributed by atoms with Crippen molar-refractivity contribution in [3.8, 4) is 11.5 Å². The van der Waals surface area contributed by atoms with Crippen LogP contribution in [0, 0.1) is 0 Å². The molecule has 0 aliphatic carbocycles. The predicted molar refractivity (Wildman–Crippen MR) is 120 cm³/mol. The lowest BCUT2D eigenvalue weighted by molar-refractivity contribution is -0.113. The zero-order valence-corrected chi connectivity index (χ0v) is 17.7. The summed E-state index contributed by atoms with van der Waals surface area (Å²) in [6.07, 6.45) is 0. The van der Waals surface area contributed by atoms with Gasteiger partial charge in [-0.15, -0.1) is 10.2 Å². The molecular formula is C23H16ClN3O3S. The van der Waals surface area contributed by atoms with Crippen molar-refractivity contribution in [2.75, 3.05) is 11.1 Å². The molecule has 1 heterocycles. The van der Waals surface area contributed by atoms with Gasteiger partial charge in [-0.2, -0.15) is 0 Å². The normalized spacial score (nSPS) is 10.6. The van der Waals surface area contributed by atoms with Crippen molar-refractivity contribution < 1.29 is 14.0 Å². The molecular weight excluding hydrogens is 434 g/mol. The van der Waals surface area contributed by atoms with Crippen LogP contribution in [0.2, 0.25) is 5.02 Å². The highest BCUT2D eigenvalue weighted by Crippen LogP contribution is 2.25. The average Bonchev–Trinajstić information content (AvgIpc) is 3.27. The Morgan fingerprint density at radius 2 is 1.71 bits per heavy atom. The Morgan fingerprint density at radius 1 is 0.935 bits per heavy atom. The van der Waals surface area contributed by atoms with Gasteiger partial charge in [-0.3, -0.25) is 9.59 Å². The molecule has 0 saturated carbocycles. The quantitative estimate of drug-likeness (QED) is 0.302. The summed E-state index contributed by atoms with van der Waals surface area (Å²) in [5, 5.41) is 11.6. The number of hydrogen-bond acceptors (Lipinski definition) is 6. The van der Waals surface area contributed by atoms with Gasteiger partial charge in [0.25, 0.3) is 5.22 Å². The number of amides is 1. The maximum Gasteiger partial charge on any atom is 0.277 e. The van der Waals surface area contributed by atoms with Crippen molar-refractivity contribution in [1.82, 2.24) is 10.2 Å². The third-order valence-corrected chi connectivity index (χ3v) is 5.34. The summed E-state index contributed by atoms with van der Waals surface area (Å²) in [7, 11) is 0. The molecule has 31 heavy (non-hydrogen) atoms. The van der Waals surface area contributed by atoms with Gasteiger partial charge >= 0.3 is 0 Å². The van der Waals surface area contributed by atoms with Crippen LogP contribution in [-0.4, -0.2) is 27.6 Å². The van der Waals surface area contributed by atoms with E-state index in [2.05, 4.69) is 15.5 Å². The number of thioether (sulfide) groups is 1. The van der Waals surface area contributed by atoms with Crippen LogP contribution in [0.15, 0.2) is 88.5 Å². The van der Waals surface area contributed by atoms with Gasteiger partial charge in [0.1, 0.15) is 0 Å². The van der Waals surface area contributed by atoms with Gasteiger partial charge < -0.3 is 9.73 Å². The Morgan fingerprint density at radius 3 is 2.52 bits per heavy atom. The maximum absolute atomic E-state index is 12.8. The molecule has 154 valence electrons. The topological polar surface area (TPSA) is 85.1 Å². The van der Waals surface area contributed by atoms with Gasteiger partial charge in [0, 0.05) is 21.7 Å². The minimum absolute atomic E-state index is 0.0467. The van der Waals surface area contributed by atoms with E-state index in [9.17, 15) is 9.59 Å². The molecule has 6 nitrogen and oxygen atoms in total. The van der Waals surface area contributed by atoms with Crippen molar-refractivity contribution in [1.29, 1.82) is 0 Å². The summed E-state index contributed by atoms with van der Waals surface area (Å²) < 4.78 is 5.59. The molecule has 1 N–H and O–H groups in total. The van der Waals surface area contributed by atoms with Crippen LogP contribution in [0.25, 0.3) is 11.5 Å². The van der Waals surface area contributed by atoms with Crippen LogP contribution in [0.3, 0.4) is 0 Å². The van der Waals surface area contributed by atoms with E-state index in [0.717, 1.165) is 11.8 Å². The second kappa shape index (κ2) is 9.59. The van der Waals surface area contributed by atoms with Crippen LogP contribution in [-0.2, 0) is 4.79 Å². The Balaban J connectivity index is 1.41. The highest BCUT2D eigenvalue weighted by Gasteiger charge is 2.16. The Hall–Kier alpha value is -3.42. The molecule has 1 aromatic heterocycles. The number of benzene rings is 3. The average molecular weight is 450 g/mol. The predicted octanol–water partition coefficient (Wildman–Crippen LogP) is 5.35. The molecule has 1 amide bonds. The molecule has 4 rings (SSSR count). The first-order chi connectivity index (χ1) is 15.1. The summed E-state index contributed by atoms with van der Waals surface area (Å²) in [6.45, 7) is 0. The zero-order valence-electron chi connectivity index (χ0n) is 16.1. The first kappa shape index (κ1) is 20.8. The van der Waals surface area contributed by atoms with Crippen molar-refractivity contribution >= 4 is 40.7 Å². The number of carbonyl (C=O) groups excluding carboxylic acids is 2. The van der Waals surface area contributed by atoms with Crippen LogP contribution in [0.1, 0.15) is 15.9 Å². The third kappa shape index (κ3) is 5.20.